The molecule has 27 heavy (non-hydrogen) atoms. The molecule has 0 radical (unpaired) electrons. The highest BCUT2D eigenvalue weighted by Gasteiger charge is 2.33. The Labute approximate surface area is 163 Å². The van der Waals surface area contributed by atoms with Crippen molar-refractivity contribution in [1.29, 1.82) is 0 Å². The van der Waals surface area contributed by atoms with Crippen molar-refractivity contribution in [1.82, 2.24) is 4.98 Å². The van der Waals surface area contributed by atoms with Gasteiger partial charge in [0, 0.05) is 35.9 Å². The molecular weight excluding hydrogens is 367 g/mol. The smallest absolute Gasteiger partial charge is 0.354 e. The summed E-state index contributed by atoms with van der Waals surface area (Å²) in [5, 5.41) is 9.72. The van der Waals surface area contributed by atoms with Gasteiger partial charge in [0.2, 0.25) is 0 Å². The Kier molecular flexibility index (Phi) is 5.04. The van der Waals surface area contributed by atoms with Crippen molar-refractivity contribution in [3.63, 3.8) is 0 Å². The highest BCUT2D eigenvalue weighted by Crippen LogP contribution is 2.42. The van der Waals surface area contributed by atoms with Gasteiger partial charge in [-0.15, -0.1) is 0 Å². The van der Waals surface area contributed by atoms with Crippen LogP contribution >= 0.6 is 11.6 Å². The Morgan fingerprint density at radius 1 is 1.19 bits per heavy atom. The van der Waals surface area contributed by atoms with Gasteiger partial charge in [0.15, 0.2) is 0 Å². The number of carboxylic acid groups (broad SMARTS) is 1. The Morgan fingerprint density at radius 2 is 1.96 bits per heavy atom. The van der Waals surface area contributed by atoms with Crippen LogP contribution in [0.15, 0.2) is 30.5 Å². The normalized spacial score (nSPS) is 20.4. The Bertz CT molecular complexity index is 847. The molecule has 0 saturated heterocycles. The van der Waals surface area contributed by atoms with E-state index in [4.69, 9.17) is 11.6 Å². The van der Waals surface area contributed by atoms with Gasteiger partial charge in [-0.2, -0.15) is 0 Å². The zero-order valence-electron chi connectivity index (χ0n) is 15.0. The molecule has 1 N–H and O–H groups in total. The second kappa shape index (κ2) is 7.47. The summed E-state index contributed by atoms with van der Waals surface area (Å²) in [4.78, 5) is 17.6. The van der Waals surface area contributed by atoms with Crippen LogP contribution in [0.4, 0.5) is 10.1 Å². The van der Waals surface area contributed by atoms with Crippen molar-refractivity contribution < 1.29 is 14.3 Å². The van der Waals surface area contributed by atoms with E-state index in [0.717, 1.165) is 36.2 Å². The molecule has 2 aromatic rings. The van der Waals surface area contributed by atoms with Crippen molar-refractivity contribution in [2.24, 2.45) is 5.92 Å². The van der Waals surface area contributed by atoms with Crippen LogP contribution in [0.25, 0.3) is 0 Å². The number of carboxylic acids is 1. The maximum absolute atomic E-state index is 13.9. The van der Waals surface area contributed by atoms with E-state index in [2.05, 4.69) is 9.88 Å². The predicted molar refractivity (Wildman–Crippen MR) is 103 cm³/mol. The van der Waals surface area contributed by atoms with Crippen LogP contribution in [0.5, 0.6) is 0 Å². The van der Waals surface area contributed by atoms with Crippen LogP contribution in [-0.4, -0.2) is 22.6 Å². The predicted octanol–water partition coefficient (Wildman–Crippen LogP) is 5.26. The van der Waals surface area contributed by atoms with E-state index >= 15 is 0 Å². The first kappa shape index (κ1) is 18.2. The molecule has 2 aliphatic rings. The fraction of sp³-hybridized carbons (Fsp3) is 0.429. The number of halogens is 2. The van der Waals surface area contributed by atoms with Crippen LogP contribution in [0, 0.1) is 11.7 Å². The molecule has 1 aliphatic heterocycles. The number of benzene rings is 1. The molecule has 0 bridgehead atoms. The van der Waals surface area contributed by atoms with Crippen molar-refractivity contribution in [2.75, 3.05) is 11.4 Å². The fourth-order valence-corrected chi connectivity index (χ4v) is 4.77. The minimum absolute atomic E-state index is 0.0943. The molecule has 1 unspecified atom stereocenters. The van der Waals surface area contributed by atoms with E-state index in [9.17, 15) is 14.3 Å². The number of pyridine rings is 1. The number of aromatic nitrogens is 1. The van der Waals surface area contributed by atoms with E-state index in [1.54, 1.807) is 18.3 Å². The number of hydrogen-bond donors (Lipinski definition) is 1. The number of carbonyl (C=O) groups is 1. The lowest BCUT2D eigenvalue weighted by atomic mass is 9.74. The number of anilines is 1. The van der Waals surface area contributed by atoms with Gasteiger partial charge in [0.05, 0.1) is 0 Å². The average molecular weight is 389 g/mol. The first-order valence-corrected chi connectivity index (χ1v) is 9.82. The van der Waals surface area contributed by atoms with Gasteiger partial charge in [-0.05, 0) is 54.2 Å². The fourth-order valence-electron chi connectivity index (χ4n) is 4.56. The summed E-state index contributed by atoms with van der Waals surface area (Å²) >= 11 is 6.07. The number of nitrogens with zero attached hydrogens (tertiary/aromatic N) is 2. The number of aromatic carboxylic acids is 1. The van der Waals surface area contributed by atoms with Crippen molar-refractivity contribution in [2.45, 2.75) is 44.6 Å². The van der Waals surface area contributed by atoms with Gasteiger partial charge in [0.25, 0.3) is 0 Å². The lowest BCUT2D eigenvalue weighted by Crippen LogP contribution is -2.37. The van der Waals surface area contributed by atoms with Crippen molar-refractivity contribution >= 4 is 23.3 Å². The van der Waals surface area contributed by atoms with E-state index in [1.165, 1.54) is 31.4 Å². The molecule has 4 rings (SSSR count). The van der Waals surface area contributed by atoms with Crippen LogP contribution in [0.1, 0.15) is 59.6 Å². The van der Waals surface area contributed by atoms with Gasteiger partial charge in [-0.25, -0.2) is 14.2 Å². The maximum atomic E-state index is 13.9. The van der Waals surface area contributed by atoms with Gasteiger partial charge < -0.3 is 10.0 Å². The molecule has 0 spiro atoms. The molecular formula is C21H22ClFN2O2. The summed E-state index contributed by atoms with van der Waals surface area (Å²) in [5.41, 5.74) is 2.96. The second-order valence-electron chi connectivity index (χ2n) is 7.59. The molecule has 1 atom stereocenters. The Morgan fingerprint density at radius 3 is 2.67 bits per heavy atom. The van der Waals surface area contributed by atoms with E-state index < -0.39 is 5.97 Å². The molecule has 6 heteroatoms. The summed E-state index contributed by atoms with van der Waals surface area (Å²) in [6.07, 6.45) is 7.63. The minimum atomic E-state index is -1.00. The molecule has 0 amide bonds. The summed E-state index contributed by atoms with van der Waals surface area (Å²) in [7, 11) is 0. The lowest BCUT2D eigenvalue weighted by molar-refractivity contribution is 0.0690. The zero-order chi connectivity index (χ0) is 19.0. The lowest BCUT2D eigenvalue weighted by Gasteiger charge is -2.41. The molecule has 1 aliphatic carbocycles. The van der Waals surface area contributed by atoms with Crippen LogP contribution in [-0.2, 0) is 6.54 Å². The largest absolute Gasteiger partial charge is 0.477 e. The molecule has 1 aromatic heterocycles. The molecule has 1 saturated carbocycles. The second-order valence-corrected chi connectivity index (χ2v) is 8.02. The number of fused-ring (bicyclic) bond motifs is 1. The third-order valence-electron chi connectivity index (χ3n) is 5.85. The van der Waals surface area contributed by atoms with Gasteiger partial charge in [-0.3, -0.25) is 0 Å². The number of hydrogen-bond acceptors (Lipinski definition) is 3. The van der Waals surface area contributed by atoms with E-state index in [0.29, 0.717) is 17.5 Å². The Hall–Kier alpha value is -2.14. The van der Waals surface area contributed by atoms with Crippen molar-refractivity contribution in [3.05, 3.63) is 58.1 Å². The van der Waals surface area contributed by atoms with Gasteiger partial charge in [0.1, 0.15) is 11.5 Å². The van der Waals surface area contributed by atoms with Crippen LogP contribution in [0.2, 0.25) is 5.02 Å². The summed E-state index contributed by atoms with van der Waals surface area (Å²) < 4.78 is 13.9. The van der Waals surface area contributed by atoms with E-state index in [1.807, 2.05) is 0 Å². The highest BCUT2D eigenvalue weighted by molar-refractivity contribution is 6.30. The zero-order valence-corrected chi connectivity index (χ0v) is 15.8. The average Bonchev–Trinajstić information content (AvgIpc) is 2.66. The highest BCUT2D eigenvalue weighted by atomic mass is 35.5. The standard InChI is InChI=1S/C21H22ClFN2O2/c22-15-6-16(23)8-17(7-15)25-11-14-10-24-20(21(26)27)9-18(14)19(12-25)13-4-2-1-3-5-13/h6-10,13,19H,1-5,11-12H2,(H,26,27). The van der Waals surface area contributed by atoms with Gasteiger partial charge in [-0.1, -0.05) is 30.9 Å². The number of rotatable bonds is 3. The molecule has 4 nitrogen and oxygen atoms in total. The van der Waals surface area contributed by atoms with E-state index in [-0.39, 0.29) is 17.4 Å². The first-order chi connectivity index (χ1) is 13.0. The molecule has 1 fully saturated rings. The topological polar surface area (TPSA) is 53.4 Å². The van der Waals surface area contributed by atoms with Crippen LogP contribution < -0.4 is 4.90 Å². The minimum Gasteiger partial charge on any atom is -0.477 e. The monoisotopic (exact) mass is 388 g/mol. The van der Waals surface area contributed by atoms with Gasteiger partial charge >= 0.3 is 5.97 Å². The van der Waals surface area contributed by atoms with Crippen LogP contribution in [0.3, 0.4) is 0 Å². The third-order valence-corrected chi connectivity index (χ3v) is 6.07. The maximum Gasteiger partial charge on any atom is 0.354 e. The Balaban J connectivity index is 1.73. The first-order valence-electron chi connectivity index (χ1n) is 9.44. The molecule has 142 valence electrons. The quantitative estimate of drug-likeness (QED) is 0.779. The summed E-state index contributed by atoms with van der Waals surface area (Å²) in [6.45, 7) is 1.31. The molecule has 2 heterocycles. The summed E-state index contributed by atoms with van der Waals surface area (Å²) in [5.74, 6) is -0.623. The summed E-state index contributed by atoms with van der Waals surface area (Å²) in [6, 6.07) is 6.34. The third kappa shape index (κ3) is 3.79. The SMILES string of the molecule is O=C(O)c1cc2c(cn1)CN(c1cc(F)cc(Cl)c1)CC2C1CCCCC1. The molecule has 1 aromatic carbocycles. The van der Waals surface area contributed by atoms with Crippen molar-refractivity contribution in [3.8, 4) is 0 Å².